The largest absolute Gasteiger partial charge is 0.476 e. The first-order chi connectivity index (χ1) is 4.75. The minimum atomic E-state index is -1.04. The van der Waals surface area contributed by atoms with E-state index in [4.69, 9.17) is 9.52 Å². The lowest BCUT2D eigenvalue weighted by Crippen LogP contribution is -1.99. The van der Waals surface area contributed by atoms with Gasteiger partial charge in [0.15, 0.2) is 12.1 Å². The van der Waals surface area contributed by atoms with E-state index in [0.29, 0.717) is 12.2 Å². The van der Waals surface area contributed by atoms with E-state index in [0.717, 1.165) is 6.39 Å². The molecule has 0 aliphatic rings. The Morgan fingerprint density at radius 1 is 1.90 bits per heavy atom. The number of carboxylic acid groups (broad SMARTS) is 1. The molecule has 0 radical (unpaired) electrons. The minimum absolute atomic E-state index is 0.0162. The van der Waals surface area contributed by atoms with Gasteiger partial charge in [0.2, 0.25) is 0 Å². The minimum Gasteiger partial charge on any atom is -0.476 e. The van der Waals surface area contributed by atoms with E-state index in [1.165, 1.54) is 0 Å². The van der Waals surface area contributed by atoms with Crippen LogP contribution in [-0.4, -0.2) is 16.1 Å². The van der Waals surface area contributed by atoms with Crippen molar-refractivity contribution in [2.45, 2.75) is 13.3 Å². The van der Waals surface area contributed by atoms with Crippen LogP contribution in [0, 0.1) is 0 Å². The number of aromatic carboxylic acids is 1. The molecule has 0 saturated carbocycles. The molecule has 0 fully saturated rings. The van der Waals surface area contributed by atoms with Crippen molar-refractivity contribution in [2.75, 3.05) is 0 Å². The van der Waals surface area contributed by atoms with Gasteiger partial charge < -0.3 is 9.52 Å². The Labute approximate surface area is 57.5 Å². The molecule has 0 unspecified atom stereocenters. The molecule has 0 spiro atoms. The maximum absolute atomic E-state index is 10.3. The summed E-state index contributed by atoms with van der Waals surface area (Å²) in [4.78, 5) is 13.8. The van der Waals surface area contributed by atoms with E-state index < -0.39 is 5.97 Å². The number of nitrogens with zero attached hydrogens (tertiary/aromatic N) is 1. The molecular formula is C6H7NO3. The predicted molar refractivity (Wildman–Crippen MR) is 32.8 cm³/mol. The van der Waals surface area contributed by atoms with Crippen LogP contribution in [-0.2, 0) is 6.42 Å². The van der Waals surface area contributed by atoms with Crippen molar-refractivity contribution < 1.29 is 14.3 Å². The summed E-state index contributed by atoms with van der Waals surface area (Å²) in [6.45, 7) is 1.81. The van der Waals surface area contributed by atoms with E-state index in [-0.39, 0.29) is 5.69 Å². The van der Waals surface area contributed by atoms with Crippen LogP contribution < -0.4 is 0 Å². The highest BCUT2D eigenvalue weighted by atomic mass is 16.4. The van der Waals surface area contributed by atoms with Crippen LogP contribution in [0.1, 0.15) is 23.2 Å². The third kappa shape index (κ3) is 1.00. The van der Waals surface area contributed by atoms with E-state index in [9.17, 15) is 4.79 Å². The van der Waals surface area contributed by atoms with Crippen LogP contribution in [0.15, 0.2) is 10.8 Å². The summed E-state index contributed by atoms with van der Waals surface area (Å²) in [5, 5.41) is 8.46. The fraction of sp³-hybridized carbons (Fsp3) is 0.333. The molecule has 0 atom stereocenters. The molecule has 1 aromatic heterocycles. The molecule has 4 nitrogen and oxygen atoms in total. The standard InChI is InChI=1S/C6H7NO3/c1-2-4-5(6(8)9)7-3-10-4/h3H,2H2,1H3,(H,8,9). The van der Waals surface area contributed by atoms with Crippen molar-refractivity contribution in [1.82, 2.24) is 4.98 Å². The Hall–Kier alpha value is -1.32. The number of aryl methyl sites for hydroxylation is 1. The second-order valence-corrected chi connectivity index (χ2v) is 1.78. The average molecular weight is 141 g/mol. The Kier molecular flexibility index (Phi) is 1.71. The van der Waals surface area contributed by atoms with Gasteiger partial charge in [0.05, 0.1) is 0 Å². The van der Waals surface area contributed by atoms with Gasteiger partial charge in [-0.2, -0.15) is 0 Å². The van der Waals surface area contributed by atoms with Crippen LogP contribution in [0.3, 0.4) is 0 Å². The van der Waals surface area contributed by atoms with Gasteiger partial charge >= 0.3 is 5.97 Å². The quantitative estimate of drug-likeness (QED) is 0.665. The zero-order chi connectivity index (χ0) is 7.56. The van der Waals surface area contributed by atoms with Crippen LogP contribution >= 0.6 is 0 Å². The van der Waals surface area contributed by atoms with Gasteiger partial charge in [-0.1, -0.05) is 6.92 Å². The number of hydrogen-bond donors (Lipinski definition) is 1. The topological polar surface area (TPSA) is 63.3 Å². The van der Waals surface area contributed by atoms with Crippen LogP contribution in [0.25, 0.3) is 0 Å². The number of carboxylic acids is 1. The fourth-order valence-corrected chi connectivity index (χ4v) is 0.696. The van der Waals surface area contributed by atoms with Crippen molar-refractivity contribution in [3.05, 3.63) is 17.8 Å². The Morgan fingerprint density at radius 2 is 2.60 bits per heavy atom. The Bertz CT molecular complexity index is 241. The molecule has 0 aromatic carbocycles. The number of aromatic nitrogens is 1. The summed E-state index contributed by atoms with van der Waals surface area (Å²) in [5.41, 5.74) is 0.0162. The van der Waals surface area contributed by atoms with Crippen molar-refractivity contribution in [3.63, 3.8) is 0 Å². The summed E-state index contributed by atoms with van der Waals surface area (Å²) in [6.07, 6.45) is 1.70. The maximum Gasteiger partial charge on any atom is 0.358 e. The van der Waals surface area contributed by atoms with Gasteiger partial charge in [-0.3, -0.25) is 0 Å². The maximum atomic E-state index is 10.3. The lowest BCUT2D eigenvalue weighted by atomic mass is 10.3. The number of oxazole rings is 1. The molecule has 1 rings (SSSR count). The summed E-state index contributed by atoms with van der Waals surface area (Å²) in [7, 11) is 0. The third-order valence-electron chi connectivity index (χ3n) is 1.16. The van der Waals surface area contributed by atoms with Crippen molar-refractivity contribution in [1.29, 1.82) is 0 Å². The highest BCUT2D eigenvalue weighted by Gasteiger charge is 2.12. The van der Waals surface area contributed by atoms with Crippen LogP contribution in [0.4, 0.5) is 0 Å². The second-order valence-electron chi connectivity index (χ2n) is 1.78. The summed E-state index contributed by atoms with van der Waals surface area (Å²) in [6, 6.07) is 0. The first-order valence-corrected chi connectivity index (χ1v) is 2.91. The lowest BCUT2D eigenvalue weighted by molar-refractivity contribution is 0.0689. The van der Waals surface area contributed by atoms with Crippen molar-refractivity contribution in [3.8, 4) is 0 Å². The zero-order valence-electron chi connectivity index (χ0n) is 5.50. The summed E-state index contributed by atoms with van der Waals surface area (Å²) >= 11 is 0. The molecule has 1 aromatic rings. The molecule has 0 bridgehead atoms. The monoisotopic (exact) mass is 141 g/mol. The first kappa shape index (κ1) is 6.80. The number of hydrogen-bond acceptors (Lipinski definition) is 3. The average Bonchev–Trinajstić information content (AvgIpc) is 2.33. The first-order valence-electron chi connectivity index (χ1n) is 2.91. The van der Waals surface area contributed by atoms with Gasteiger partial charge in [-0.15, -0.1) is 0 Å². The van der Waals surface area contributed by atoms with E-state index >= 15 is 0 Å². The van der Waals surface area contributed by atoms with Gasteiger partial charge in [0.1, 0.15) is 5.76 Å². The predicted octanol–water partition coefficient (Wildman–Crippen LogP) is 0.935. The van der Waals surface area contributed by atoms with Gasteiger partial charge in [0, 0.05) is 6.42 Å². The highest BCUT2D eigenvalue weighted by Crippen LogP contribution is 2.06. The fourth-order valence-electron chi connectivity index (χ4n) is 0.696. The normalized spacial score (nSPS) is 9.70. The lowest BCUT2D eigenvalue weighted by Gasteiger charge is -1.88. The molecule has 54 valence electrons. The molecule has 0 aliphatic heterocycles. The molecule has 0 amide bonds. The number of rotatable bonds is 2. The highest BCUT2D eigenvalue weighted by molar-refractivity contribution is 5.86. The Balaban J connectivity index is 3.01. The second kappa shape index (κ2) is 2.51. The van der Waals surface area contributed by atoms with E-state index in [2.05, 4.69) is 4.98 Å². The number of carbonyl (C=O) groups is 1. The van der Waals surface area contributed by atoms with Gasteiger partial charge in [0.25, 0.3) is 0 Å². The van der Waals surface area contributed by atoms with Crippen molar-refractivity contribution >= 4 is 5.97 Å². The van der Waals surface area contributed by atoms with Crippen molar-refractivity contribution in [2.24, 2.45) is 0 Å². The zero-order valence-corrected chi connectivity index (χ0v) is 5.50. The molecule has 1 N–H and O–H groups in total. The third-order valence-corrected chi connectivity index (χ3v) is 1.16. The van der Waals surface area contributed by atoms with Crippen LogP contribution in [0.5, 0.6) is 0 Å². The van der Waals surface area contributed by atoms with E-state index in [1.54, 1.807) is 0 Å². The summed E-state index contributed by atoms with van der Waals surface area (Å²) in [5.74, 6) is -0.613. The Morgan fingerprint density at radius 3 is 3.00 bits per heavy atom. The molecule has 0 saturated heterocycles. The van der Waals surface area contributed by atoms with Gasteiger partial charge in [-0.05, 0) is 0 Å². The molecule has 0 aliphatic carbocycles. The summed E-state index contributed by atoms with van der Waals surface area (Å²) < 4.78 is 4.78. The van der Waals surface area contributed by atoms with E-state index in [1.807, 2.05) is 6.92 Å². The molecule has 10 heavy (non-hydrogen) atoms. The molecule has 4 heteroatoms. The smallest absolute Gasteiger partial charge is 0.358 e. The van der Waals surface area contributed by atoms with Gasteiger partial charge in [-0.25, -0.2) is 9.78 Å². The molecule has 1 heterocycles. The molecular weight excluding hydrogens is 134 g/mol. The SMILES string of the molecule is CCc1ocnc1C(=O)O. The van der Waals surface area contributed by atoms with Crippen LogP contribution in [0.2, 0.25) is 0 Å².